The molecule has 1 aliphatic carbocycles. The fourth-order valence-electron chi connectivity index (χ4n) is 2.42. The molecule has 5 heteroatoms. The first-order valence-corrected chi connectivity index (χ1v) is 7.23. The maximum atomic E-state index is 5.92. The van der Waals surface area contributed by atoms with Crippen molar-refractivity contribution in [1.29, 1.82) is 0 Å². The molecule has 0 aliphatic heterocycles. The summed E-state index contributed by atoms with van der Waals surface area (Å²) in [5, 5.41) is 6.86. The first-order valence-electron chi connectivity index (χ1n) is 5.97. The van der Waals surface area contributed by atoms with Gasteiger partial charge in [0.25, 0.3) is 0 Å². The van der Waals surface area contributed by atoms with Crippen molar-refractivity contribution < 1.29 is 0 Å². The SMILES string of the molecule is Clc1nc(NCC2CCCC2)c2ccsc2n1. The topological polar surface area (TPSA) is 37.8 Å². The van der Waals surface area contributed by atoms with E-state index < -0.39 is 0 Å². The number of rotatable bonds is 3. The summed E-state index contributed by atoms with van der Waals surface area (Å²) in [5.41, 5.74) is 0. The van der Waals surface area contributed by atoms with Crippen molar-refractivity contribution in [2.24, 2.45) is 5.92 Å². The summed E-state index contributed by atoms with van der Waals surface area (Å²) in [6.07, 6.45) is 5.40. The average molecular weight is 268 g/mol. The van der Waals surface area contributed by atoms with E-state index >= 15 is 0 Å². The lowest BCUT2D eigenvalue weighted by molar-refractivity contribution is 0.579. The van der Waals surface area contributed by atoms with Gasteiger partial charge in [0.1, 0.15) is 10.6 Å². The highest BCUT2D eigenvalue weighted by molar-refractivity contribution is 7.16. The Kier molecular flexibility index (Phi) is 3.16. The second-order valence-corrected chi connectivity index (χ2v) is 5.74. The Morgan fingerprint density at radius 3 is 3.00 bits per heavy atom. The number of hydrogen-bond acceptors (Lipinski definition) is 4. The third-order valence-corrected chi connectivity index (χ3v) is 4.31. The van der Waals surface area contributed by atoms with Crippen LogP contribution >= 0.6 is 22.9 Å². The number of nitrogens with one attached hydrogen (secondary N) is 1. The fourth-order valence-corrected chi connectivity index (χ4v) is 3.40. The molecule has 2 heterocycles. The average Bonchev–Trinajstić information content (AvgIpc) is 2.95. The molecule has 17 heavy (non-hydrogen) atoms. The number of halogens is 1. The Hall–Kier alpha value is -0.870. The highest BCUT2D eigenvalue weighted by atomic mass is 35.5. The Morgan fingerprint density at radius 2 is 2.18 bits per heavy atom. The molecule has 3 rings (SSSR count). The molecule has 0 saturated heterocycles. The molecule has 3 nitrogen and oxygen atoms in total. The lowest BCUT2D eigenvalue weighted by Gasteiger charge is -2.11. The van der Waals surface area contributed by atoms with Crippen LogP contribution in [0.15, 0.2) is 11.4 Å². The fraction of sp³-hybridized carbons (Fsp3) is 0.500. The number of nitrogens with zero attached hydrogens (tertiary/aromatic N) is 2. The van der Waals surface area contributed by atoms with Gasteiger partial charge < -0.3 is 5.32 Å². The highest BCUT2D eigenvalue weighted by Gasteiger charge is 2.15. The minimum atomic E-state index is 0.328. The largest absolute Gasteiger partial charge is 0.369 e. The normalized spacial score (nSPS) is 16.8. The second-order valence-electron chi connectivity index (χ2n) is 4.51. The molecule has 1 fully saturated rings. The minimum Gasteiger partial charge on any atom is -0.369 e. The van der Waals surface area contributed by atoms with Crippen LogP contribution in [0.2, 0.25) is 5.28 Å². The summed E-state index contributed by atoms with van der Waals surface area (Å²) in [5.74, 6) is 1.67. The van der Waals surface area contributed by atoms with Crippen LogP contribution in [-0.2, 0) is 0 Å². The second kappa shape index (κ2) is 4.78. The van der Waals surface area contributed by atoms with E-state index in [0.29, 0.717) is 5.28 Å². The molecule has 90 valence electrons. The van der Waals surface area contributed by atoms with Gasteiger partial charge in [0.05, 0.1) is 5.39 Å². The van der Waals surface area contributed by atoms with Gasteiger partial charge in [-0.2, -0.15) is 0 Å². The molecule has 0 amide bonds. The third kappa shape index (κ3) is 2.38. The van der Waals surface area contributed by atoms with Crippen LogP contribution < -0.4 is 5.32 Å². The van der Waals surface area contributed by atoms with Crippen LogP contribution in [0.5, 0.6) is 0 Å². The van der Waals surface area contributed by atoms with E-state index in [1.54, 1.807) is 11.3 Å². The molecule has 2 aromatic heterocycles. The quantitative estimate of drug-likeness (QED) is 0.856. The Labute approximate surface area is 109 Å². The third-order valence-electron chi connectivity index (χ3n) is 3.33. The maximum Gasteiger partial charge on any atom is 0.225 e. The van der Waals surface area contributed by atoms with Crippen molar-refractivity contribution >= 4 is 39.0 Å². The smallest absolute Gasteiger partial charge is 0.225 e. The summed E-state index contributed by atoms with van der Waals surface area (Å²) >= 11 is 7.52. The lowest BCUT2D eigenvalue weighted by Crippen LogP contribution is -2.12. The van der Waals surface area contributed by atoms with Crippen molar-refractivity contribution in [3.63, 3.8) is 0 Å². The molecule has 0 unspecified atom stereocenters. The van der Waals surface area contributed by atoms with E-state index in [9.17, 15) is 0 Å². The zero-order valence-corrected chi connectivity index (χ0v) is 11.0. The molecule has 0 bridgehead atoms. The van der Waals surface area contributed by atoms with Crippen molar-refractivity contribution in [3.8, 4) is 0 Å². The zero-order valence-electron chi connectivity index (χ0n) is 9.45. The lowest BCUT2D eigenvalue weighted by atomic mass is 10.1. The summed E-state index contributed by atoms with van der Waals surface area (Å²) in [6, 6.07) is 2.05. The standard InChI is InChI=1S/C12H14ClN3S/c13-12-15-10(9-5-6-17-11(9)16-12)14-7-8-3-1-2-4-8/h5-6,8H,1-4,7H2,(H,14,15,16). The predicted molar refractivity (Wildman–Crippen MR) is 72.9 cm³/mol. The number of fused-ring (bicyclic) bond motifs is 1. The molecule has 0 spiro atoms. The van der Waals surface area contributed by atoms with Crippen LogP contribution in [-0.4, -0.2) is 16.5 Å². The molecular formula is C12H14ClN3S. The van der Waals surface area contributed by atoms with Gasteiger partial charge in [-0.3, -0.25) is 0 Å². The molecular weight excluding hydrogens is 254 g/mol. The molecule has 1 saturated carbocycles. The minimum absolute atomic E-state index is 0.328. The first-order chi connectivity index (χ1) is 8.33. The van der Waals surface area contributed by atoms with Gasteiger partial charge in [-0.1, -0.05) is 12.8 Å². The maximum absolute atomic E-state index is 5.92. The Balaban J connectivity index is 1.81. The summed E-state index contributed by atoms with van der Waals surface area (Å²) < 4.78 is 0. The van der Waals surface area contributed by atoms with E-state index in [-0.39, 0.29) is 0 Å². The van der Waals surface area contributed by atoms with Crippen LogP contribution in [0, 0.1) is 5.92 Å². The van der Waals surface area contributed by atoms with Gasteiger partial charge in [0, 0.05) is 6.54 Å². The van der Waals surface area contributed by atoms with E-state index in [1.165, 1.54) is 25.7 Å². The number of anilines is 1. The van der Waals surface area contributed by atoms with E-state index in [2.05, 4.69) is 15.3 Å². The van der Waals surface area contributed by atoms with Crippen LogP contribution in [0.25, 0.3) is 10.2 Å². The molecule has 0 aromatic carbocycles. The number of aromatic nitrogens is 2. The van der Waals surface area contributed by atoms with Gasteiger partial charge in [0.2, 0.25) is 5.28 Å². The molecule has 0 atom stereocenters. The molecule has 1 aliphatic rings. The van der Waals surface area contributed by atoms with Gasteiger partial charge >= 0.3 is 0 Å². The summed E-state index contributed by atoms with van der Waals surface area (Å²) in [4.78, 5) is 9.45. The Bertz CT molecular complexity index is 519. The highest BCUT2D eigenvalue weighted by Crippen LogP contribution is 2.28. The first kappa shape index (κ1) is 11.2. The predicted octanol–water partition coefficient (Wildman–Crippen LogP) is 3.95. The van der Waals surface area contributed by atoms with E-state index in [1.807, 2.05) is 11.4 Å². The van der Waals surface area contributed by atoms with Gasteiger partial charge in [-0.15, -0.1) is 11.3 Å². The summed E-state index contributed by atoms with van der Waals surface area (Å²) in [6.45, 7) is 0.998. The number of thiophene rings is 1. The van der Waals surface area contributed by atoms with E-state index in [0.717, 1.165) is 28.5 Å². The van der Waals surface area contributed by atoms with Crippen molar-refractivity contribution in [2.75, 3.05) is 11.9 Å². The molecule has 2 aromatic rings. The van der Waals surface area contributed by atoms with Crippen molar-refractivity contribution in [1.82, 2.24) is 9.97 Å². The Morgan fingerprint density at radius 1 is 1.35 bits per heavy atom. The number of hydrogen-bond donors (Lipinski definition) is 1. The monoisotopic (exact) mass is 267 g/mol. The van der Waals surface area contributed by atoms with Gasteiger partial charge in [0.15, 0.2) is 0 Å². The molecule has 1 N–H and O–H groups in total. The van der Waals surface area contributed by atoms with E-state index in [4.69, 9.17) is 11.6 Å². The summed E-state index contributed by atoms with van der Waals surface area (Å²) in [7, 11) is 0. The van der Waals surface area contributed by atoms with Crippen molar-refractivity contribution in [3.05, 3.63) is 16.7 Å². The molecule has 0 radical (unpaired) electrons. The van der Waals surface area contributed by atoms with Crippen molar-refractivity contribution in [2.45, 2.75) is 25.7 Å². The van der Waals surface area contributed by atoms with Crippen LogP contribution in [0.1, 0.15) is 25.7 Å². The van der Waals surface area contributed by atoms with Crippen LogP contribution in [0.3, 0.4) is 0 Å². The van der Waals surface area contributed by atoms with Gasteiger partial charge in [-0.25, -0.2) is 9.97 Å². The van der Waals surface area contributed by atoms with Crippen LogP contribution in [0.4, 0.5) is 5.82 Å². The zero-order chi connectivity index (χ0) is 11.7. The van der Waals surface area contributed by atoms with Gasteiger partial charge in [-0.05, 0) is 41.8 Å².